The van der Waals surface area contributed by atoms with Gasteiger partial charge in [-0.15, -0.1) is 0 Å². The van der Waals surface area contributed by atoms with Crippen LogP contribution in [-0.2, 0) is 6.54 Å². The lowest BCUT2D eigenvalue weighted by atomic mass is 10.0. The van der Waals surface area contributed by atoms with E-state index < -0.39 is 10.5 Å². The molecule has 0 bridgehead atoms. The second-order valence-corrected chi connectivity index (χ2v) is 5.38. The molecule has 3 rings (SSSR count). The molecule has 1 aromatic carbocycles. The van der Waals surface area contributed by atoms with Crippen LogP contribution in [-0.4, -0.2) is 26.7 Å². The van der Waals surface area contributed by atoms with Crippen LogP contribution in [0.1, 0.15) is 13.3 Å². The Kier molecular flexibility index (Phi) is 3.44. The number of nitro groups is 1. The smallest absolute Gasteiger partial charge is 0.414 e. The third kappa shape index (κ3) is 2.85. The van der Waals surface area contributed by atoms with Gasteiger partial charge in [0.2, 0.25) is 0 Å². The summed E-state index contributed by atoms with van der Waals surface area (Å²) in [5, 5.41) is 10.7. The van der Waals surface area contributed by atoms with E-state index in [2.05, 4.69) is 4.98 Å². The van der Waals surface area contributed by atoms with Crippen molar-refractivity contribution < 1.29 is 18.8 Å². The topological polar surface area (TPSA) is 79.4 Å². The van der Waals surface area contributed by atoms with Gasteiger partial charge in [-0.3, -0.25) is 4.57 Å². The van der Waals surface area contributed by atoms with Crippen molar-refractivity contribution >= 4 is 5.82 Å². The van der Waals surface area contributed by atoms with Crippen LogP contribution in [0.15, 0.2) is 30.5 Å². The molecule has 8 heteroatoms. The molecule has 22 heavy (non-hydrogen) atoms. The van der Waals surface area contributed by atoms with Gasteiger partial charge in [0.25, 0.3) is 0 Å². The standard InChI is InChI=1S/C14H14FN3O4/c1-14(9-21-11-4-2-10(15)3-5-11)6-7-17-8-12(18(19)20)16-13(17)22-14/h2-5,8H,6-7,9H2,1H3. The van der Waals surface area contributed by atoms with Crippen molar-refractivity contribution in [3.05, 3.63) is 46.4 Å². The molecule has 0 saturated carbocycles. The number of hydrogen-bond acceptors (Lipinski definition) is 5. The summed E-state index contributed by atoms with van der Waals surface area (Å²) >= 11 is 0. The molecule has 2 aromatic rings. The summed E-state index contributed by atoms with van der Waals surface area (Å²) in [4.78, 5) is 14.0. The summed E-state index contributed by atoms with van der Waals surface area (Å²) in [7, 11) is 0. The minimum absolute atomic E-state index is 0.211. The van der Waals surface area contributed by atoms with Crippen LogP contribution in [0.2, 0.25) is 0 Å². The summed E-state index contributed by atoms with van der Waals surface area (Å²) < 4.78 is 25.8. The van der Waals surface area contributed by atoms with Crippen LogP contribution in [0.3, 0.4) is 0 Å². The zero-order valence-electron chi connectivity index (χ0n) is 11.9. The van der Waals surface area contributed by atoms with Crippen molar-refractivity contribution in [2.24, 2.45) is 0 Å². The average molecular weight is 307 g/mol. The fourth-order valence-electron chi connectivity index (χ4n) is 2.21. The Morgan fingerprint density at radius 3 is 2.91 bits per heavy atom. The largest absolute Gasteiger partial charge is 0.489 e. The summed E-state index contributed by atoms with van der Waals surface area (Å²) in [6.45, 7) is 2.64. The number of aromatic nitrogens is 2. The molecule has 1 unspecified atom stereocenters. The molecule has 0 N–H and O–H groups in total. The predicted octanol–water partition coefficient (Wildman–Crippen LogP) is 2.55. The second-order valence-electron chi connectivity index (χ2n) is 5.38. The molecule has 116 valence electrons. The van der Waals surface area contributed by atoms with E-state index in [1.807, 2.05) is 6.92 Å². The first-order chi connectivity index (χ1) is 10.5. The van der Waals surface area contributed by atoms with Gasteiger partial charge < -0.3 is 19.6 Å². The fourth-order valence-corrected chi connectivity index (χ4v) is 2.21. The molecule has 0 amide bonds. The van der Waals surface area contributed by atoms with E-state index in [0.717, 1.165) is 0 Å². The third-order valence-electron chi connectivity index (χ3n) is 3.49. The monoisotopic (exact) mass is 307 g/mol. The zero-order chi connectivity index (χ0) is 15.7. The Bertz CT molecular complexity index is 701. The Balaban J connectivity index is 1.69. The SMILES string of the molecule is CC1(COc2ccc(F)cc2)CCn2cc([N+](=O)[O-])nc2O1. The molecule has 0 radical (unpaired) electrons. The van der Waals surface area contributed by atoms with E-state index in [4.69, 9.17) is 9.47 Å². The highest BCUT2D eigenvalue weighted by Gasteiger charge is 2.37. The molecule has 0 spiro atoms. The summed E-state index contributed by atoms with van der Waals surface area (Å²) in [6, 6.07) is 5.91. The van der Waals surface area contributed by atoms with E-state index in [0.29, 0.717) is 18.7 Å². The second kappa shape index (κ2) is 5.28. The number of fused-ring (bicyclic) bond motifs is 1. The van der Waals surface area contributed by atoms with Gasteiger partial charge in [-0.1, -0.05) is 0 Å². The minimum atomic E-state index is -0.649. The van der Waals surface area contributed by atoms with E-state index in [1.165, 1.54) is 30.5 Å². The number of rotatable bonds is 4. The maximum absolute atomic E-state index is 12.8. The Hall–Kier alpha value is -2.64. The first-order valence-corrected chi connectivity index (χ1v) is 6.74. The lowest BCUT2D eigenvalue weighted by Crippen LogP contribution is -2.43. The Morgan fingerprint density at radius 2 is 2.23 bits per heavy atom. The molecule has 1 aliphatic heterocycles. The molecule has 7 nitrogen and oxygen atoms in total. The van der Waals surface area contributed by atoms with Crippen LogP contribution < -0.4 is 9.47 Å². The van der Waals surface area contributed by atoms with Crippen molar-refractivity contribution in [2.75, 3.05) is 6.61 Å². The van der Waals surface area contributed by atoms with E-state index >= 15 is 0 Å². The number of halogens is 1. The predicted molar refractivity (Wildman–Crippen MR) is 74.4 cm³/mol. The van der Waals surface area contributed by atoms with Gasteiger partial charge in [-0.2, -0.15) is 0 Å². The molecule has 0 aliphatic carbocycles. The summed E-state index contributed by atoms with van der Waals surface area (Å²) in [6.07, 6.45) is 1.98. The number of imidazole rings is 1. The number of ether oxygens (including phenoxy) is 2. The number of hydrogen-bond donors (Lipinski definition) is 0. The van der Waals surface area contributed by atoms with Gasteiger partial charge in [-0.25, -0.2) is 4.39 Å². The van der Waals surface area contributed by atoms with Crippen molar-refractivity contribution in [1.29, 1.82) is 0 Å². The van der Waals surface area contributed by atoms with Crippen LogP contribution in [0, 0.1) is 15.9 Å². The van der Waals surface area contributed by atoms with Gasteiger partial charge >= 0.3 is 11.8 Å². The van der Waals surface area contributed by atoms with Crippen molar-refractivity contribution in [3.63, 3.8) is 0 Å². The molecule has 0 saturated heterocycles. The molecule has 1 aromatic heterocycles. The maximum atomic E-state index is 12.8. The molecule has 1 atom stereocenters. The fraction of sp³-hybridized carbons (Fsp3) is 0.357. The Labute approximate surface area is 125 Å². The van der Waals surface area contributed by atoms with Crippen LogP contribution in [0.4, 0.5) is 10.2 Å². The molecule has 2 heterocycles. The highest BCUT2D eigenvalue weighted by Crippen LogP contribution is 2.30. The molecular formula is C14H14FN3O4. The molecular weight excluding hydrogens is 293 g/mol. The Morgan fingerprint density at radius 1 is 1.50 bits per heavy atom. The lowest BCUT2D eigenvalue weighted by molar-refractivity contribution is -0.389. The first kappa shape index (κ1) is 14.3. The van der Waals surface area contributed by atoms with Crippen LogP contribution in [0.25, 0.3) is 0 Å². The normalized spacial score (nSPS) is 20.1. The summed E-state index contributed by atoms with van der Waals surface area (Å²) in [5.41, 5.74) is -0.649. The average Bonchev–Trinajstić information content (AvgIpc) is 2.90. The van der Waals surface area contributed by atoms with Gasteiger partial charge in [0, 0.05) is 17.9 Å². The lowest BCUT2D eigenvalue weighted by Gasteiger charge is -2.32. The van der Waals surface area contributed by atoms with Crippen molar-refractivity contribution in [2.45, 2.75) is 25.5 Å². The zero-order valence-corrected chi connectivity index (χ0v) is 11.9. The molecule has 1 aliphatic rings. The minimum Gasteiger partial charge on any atom is -0.489 e. The van der Waals surface area contributed by atoms with E-state index in [-0.39, 0.29) is 24.3 Å². The third-order valence-corrected chi connectivity index (χ3v) is 3.49. The number of nitrogens with zero attached hydrogens (tertiary/aromatic N) is 3. The number of aryl methyl sites for hydroxylation is 1. The van der Waals surface area contributed by atoms with Gasteiger partial charge in [0.15, 0.2) is 0 Å². The first-order valence-electron chi connectivity index (χ1n) is 6.74. The van der Waals surface area contributed by atoms with E-state index in [9.17, 15) is 14.5 Å². The van der Waals surface area contributed by atoms with Crippen LogP contribution >= 0.6 is 0 Å². The quantitative estimate of drug-likeness (QED) is 0.640. The van der Waals surface area contributed by atoms with Crippen LogP contribution in [0.5, 0.6) is 11.8 Å². The van der Waals surface area contributed by atoms with Crippen molar-refractivity contribution in [3.8, 4) is 11.8 Å². The van der Waals surface area contributed by atoms with Gasteiger partial charge in [-0.05, 0) is 36.1 Å². The molecule has 0 fully saturated rings. The highest BCUT2D eigenvalue weighted by molar-refractivity contribution is 5.24. The van der Waals surface area contributed by atoms with Crippen molar-refractivity contribution in [1.82, 2.24) is 9.55 Å². The van der Waals surface area contributed by atoms with E-state index in [1.54, 1.807) is 4.57 Å². The van der Waals surface area contributed by atoms with Gasteiger partial charge in [0.1, 0.15) is 30.0 Å². The number of benzene rings is 1. The summed E-state index contributed by atoms with van der Waals surface area (Å²) in [5.74, 6) is -0.0355. The maximum Gasteiger partial charge on any atom is 0.414 e. The van der Waals surface area contributed by atoms with Gasteiger partial charge in [0.05, 0.1) is 0 Å². The highest BCUT2D eigenvalue weighted by atomic mass is 19.1.